The molecular formula is C23H20N2O4. The Bertz CT molecular complexity index is 1050. The highest BCUT2D eigenvalue weighted by Gasteiger charge is 2.34. The number of fused-ring (bicyclic) bond motifs is 1. The fraction of sp³-hybridized carbons (Fsp3) is 0.174. The summed E-state index contributed by atoms with van der Waals surface area (Å²) in [6.45, 7) is 0.879. The third kappa shape index (κ3) is 3.69. The van der Waals surface area contributed by atoms with E-state index in [0.29, 0.717) is 13.1 Å². The molecule has 1 heterocycles. The van der Waals surface area contributed by atoms with E-state index in [0.717, 1.165) is 28.0 Å². The van der Waals surface area contributed by atoms with E-state index in [-0.39, 0.29) is 11.6 Å². The van der Waals surface area contributed by atoms with Crippen LogP contribution in [0, 0.1) is 10.1 Å². The number of amides is 1. The molecule has 0 saturated heterocycles. The summed E-state index contributed by atoms with van der Waals surface area (Å²) in [6.07, 6.45) is 0. The van der Waals surface area contributed by atoms with Gasteiger partial charge in [-0.15, -0.1) is 0 Å². The predicted molar refractivity (Wildman–Crippen MR) is 109 cm³/mol. The topological polar surface area (TPSA) is 72.7 Å². The maximum Gasteiger partial charge on any atom is 0.269 e. The monoisotopic (exact) mass is 388 g/mol. The van der Waals surface area contributed by atoms with Crippen LogP contribution in [0.2, 0.25) is 0 Å². The number of nitro groups is 1. The number of hydrogen-bond donors (Lipinski definition) is 0. The Morgan fingerprint density at radius 2 is 1.79 bits per heavy atom. The fourth-order valence-electron chi connectivity index (χ4n) is 3.76. The van der Waals surface area contributed by atoms with Crippen molar-refractivity contribution in [1.82, 2.24) is 4.90 Å². The van der Waals surface area contributed by atoms with Crippen LogP contribution in [0.1, 0.15) is 28.2 Å². The number of hydrogen-bond acceptors (Lipinski definition) is 4. The smallest absolute Gasteiger partial charge is 0.269 e. The Hall–Kier alpha value is -3.67. The van der Waals surface area contributed by atoms with Gasteiger partial charge in [0.05, 0.1) is 18.0 Å². The van der Waals surface area contributed by atoms with Gasteiger partial charge >= 0.3 is 0 Å². The lowest BCUT2D eigenvalue weighted by Crippen LogP contribution is -2.39. The van der Waals surface area contributed by atoms with Crippen molar-refractivity contribution in [3.05, 3.63) is 105 Å². The highest BCUT2D eigenvalue weighted by atomic mass is 16.6. The Balaban J connectivity index is 1.70. The van der Waals surface area contributed by atoms with Gasteiger partial charge in [-0.05, 0) is 34.4 Å². The van der Waals surface area contributed by atoms with Gasteiger partial charge in [0.2, 0.25) is 5.91 Å². The zero-order valence-electron chi connectivity index (χ0n) is 15.9. The van der Waals surface area contributed by atoms with Gasteiger partial charge in [0.25, 0.3) is 5.69 Å². The molecule has 4 rings (SSSR count). The first-order chi connectivity index (χ1) is 14.1. The quantitative estimate of drug-likeness (QED) is 0.483. The molecule has 1 unspecified atom stereocenters. The number of nitro benzene ring substituents is 1. The summed E-state index contributed by atoms with van der Waals surface area (Å²) < 4.78 is 5.37. The molecule has 3 aromatic carbocycles. The van der Waals surface area contributed by atoms with Crippen LogP contribution < -0.4 is 4.74 Å². The first kappa shape index (κ1) is 18.7. The summed E-state index contributed by atoms with van der Waals surface area (Å²) in [5, 5.41) is 10.9. The summed E-state index contributed by atoms with van der Waals surface area (Å²) in [6, 6.07) is 21.9. The maximum atomic E-state index is 13.4. The molecule has 1 atom stereocenters. The van der Waals surface area contributed by atoms with E-state index in [9.17, 15) is 14.9 Å². The van der Waals surface area contributed by atoms with Crippen molar-refractivity contribution in [3.8, 4) is 5.75 Å². The van der Waals surface area contributed by atoms with Crippen LogP contribution in [0.4, 0.5) is 5.69 Å². The molecule has 0 N–H and O–H groups in total. The molecule has 1 aliphatic rings. The lowest BCUT2D eigenvalue weighted by molar-refractivity contribution is -0.384. The lowest BCUT2D eigenvalue weighted by Gasteiger charge is -2.35. The number of non-ortho nitro benzene ring substituents is 1. The summed E-state index contributed by atoms with van der Waals surface area (Å²) in [5.74, 6) is 0.324. The van der Waals surface area contributed by atoms with Gasteiger partial charge in [0.15, 0.2) is 0 Å². The van der Waals surface area contributed by atoms with E-state index >= 15 is 0 Å². The molecule has 0 spiro atoms. The molecule has 146 valence electrons. The average Bonchev–Trinajstić information content (AvgIpc) is 2.75. The zero-order valence-corrected chi connectivity index (χ0v) is 15.9. The zero-order chi connectivity index (χ0) is 20.4. The van der Waals surface area contributed by atoms with Crippen molar-refractivity contribution >= 4 is 11.6 Å². The molecular weight excluding hydrogens is 368 g/mol. The van der Waals surface area contributed by atoms with Crippen molar-refractivity contribution in [2.45, 2.75) is 19.0 Å². The van der Waals surface area contributed by atoms with Crippen molar-refractivity contribution in [2.75, 3.05) is 7.11 Å². The summed E-state index contributed by atoms with van der Waals surface area (Å²) in [4.78, 5) is 25.7. The van der Waals surface area contributed by atoms with Crippen LogP contribution in [0.25, 0.3) is 0 Å². The largest absolute Gasteiger partial charge is 0.497 e. The van der Waals surface area contributed by atoms with Crippen LogP contribution >= 0.6 is 0 Å². The predicted octanol–water partition coefficient (Wildman–Crippen LogP) is 4.28. The van der Waals surface area contributed by atoms with E-state index in [2.05, 4.69) is 0 Å². The van der Waals surface area contributed by atoms with Crippen molar-refractivity contribution in [3.63, 3.8) is 0 Å². The number of carbonyl (C=O) groups is 1. The molecule has 3 aromatic rings. The van der Waals surface area contributed by atoms with E-state index in [4.69, 9.17) is 4.74 Å². The molecule has 0 bridgehead atoms. The van der Waals surface area contributed by atoms with Crippen LogP contribution in [0.15, 0.2) is 72.8 Å². The highest BCUT2D eigenvalue weighted by Crippen LogP contribution is 2.37. The van der Waals surface area contributed by atoms with Crippen LogP contribution in [-0.4, -0.2) is 22.8 Å². The van der Waals surface area contributed by atoms with E-state index in [1.165, 1.54) is 12.1 Å². The molecule has 0 fully saturated rings. The highest BCUT2D eigenvalue weighted by molar-refractivity contribution is 5.89. The standard InChI is InChI=1S/C23H20N2O4/c1-29-20-12-9-18-15-24(14-16-7-10-19(11-8-16)25(27)28)23(26)22(21(18)13-20)17-5-3-2-4-6-17/h2-13,22H,14-15H2,1H3. The fourth-order valence-corrected chi connectivity index (χ4v) is 3.76. The van der Waals surface area contributed by atoms with Crippen LogP contribution in [0.3, 0.4) is 0 Å². The third-order valence-corrected chi connectivity index (χ3v) is 5.24. The van der Waals surface area contributed by atoms with Gasteiger partial charge in [0, 0.05) is 25.2 Å². The lowest BCUT2D eigenvalue weighted by atomic mass is 9.83. The third-order valence-electron chi connectivity index (χ3n) is 5.24. The van der Waals surface area contributed by atoms with E-state index < -0.39 is 10.8 Å². The van der Waals surface area contributed by atoms with E-state index in [1.807, 2.05) is 48.5 Å². The minimum Gasteiger partial charge on any atom is -0.497 e. The van der Waals surface area contributed by atoms with Crippen LogP contribution in [-0.2, 0) is 17.9 Å². The molecule has 0 radical (unpaired) electrons. The molecule has 6 nitrogen and oxygen atoms in total. The number of rotatable bonds is 5. The SMILES string of the molecule is COc1ccc2c(c1)C(c1ccccc1)C(=O)N(Cc1ccc([N+](=O)[O-])cc1)C2. The first-order valence-corrected chi connectivity index (χ1v) is 9.30. The van der Waals surface area contributed by atoms with Crippen molar-refractivity contribution in [2.24, 2.45) is 0 Å². The normalized spacial score (nSPS) is 15.7. The number of nitrogens with zero attached hydrogens (tertiary/aromatic N) is 2. The summed E-state index contributed by atoms with van der Waals surface area (Å²) in [5.41, 5.74) is 3.85. The van der Waals surface area contributed by atoms with Gasteiger partial charge in [-0.25, -0.2) is 0 Å². The minimum absolute atomic E-state index is 0.00954. The molecule has 1 aliphatic heterocycles. The summed E-state index contributed by atoms with van der Waals surface area (Å²) in [7, 11) is 1.62. The van der Waals surface area contributed by atoms with Gasteiger partial charge in [-0.3, -0.25) is 14.9 Å². The second-order valence-electron chi connectivity index (χ2n) is 7.03. The Morgan fingerprint density at radius 3 is 2.45 bits per heavy atom. The molecule has 0 saturated carbocycles. The number of benzene rings is 3. The Kier molecular flexibility index (Phi) is 4.99. The van der Waals surface area contributed by atoms with Crippen molar-refractivity contribution in [1.29, 1.82) is 0 Å². The summed E-state index contributed by atoms with van der Waals surface area (Å²) >= 11 is 0. The number of carbonyl (C=O) groups excluding carboxylic acids is 1. The van der Waals surface area contributed by atoms with Crippen molar-refractivity contribution < 1.29 is 14.5 Å². The van der Waals surface area contributed by atoms with Gasteiger partial charge in [0.1, 0.15) is 5.75 Å². The second kappa shape index (κ2) is 7.75. The Morgan fingerprint density at radius 1 is 1.07 bits per heavy atom. The molecule has 0 aliphatic carbocycles. The minimum atomic E-state index is -0.426. The van der Waals surface area contributed by atoms with E-state index in [1.54, 1.807) is 24.1 Å². The molecule has 0 aromatic heterocycles. The maximum absolute atomic E-state index is 13.4. The molecule has 6 heteroatoms. The van der Waals surface area contributed by atoms with Gasteiger partial charge < -0.3 is 9.64 Å². The second-order valence-corrected chi connectivity index (χ2v) is 7.03. The first-order valence-electron chi connectivity index (χ1n) is 9.30. The number of ether oxygens (including phenoxy) is 1. The van der Waals surface area contributed by atoms with Gasteiger partial charge in [-0.2, -0.15) is 0 Å². The molecule has 29 heavy (non-hydrogen) atoms. The van der Waals surface area contributed by atoms with Crippen LogP contribution in [0.5, 0.6) is 5.75 Å². The Labute approximate surface area is 168 Å². The van der Waals surface area contributed by atoms with Gasteiger partial charge in [-0.1, -0.05) is 48.5 Å². The number of methoxy groups -OCH3 is 1. The average molecular weight is 388 g/mol. The molecule has 1 amide bonds.